The van der Waals surface area contributed by atoms with Gasteiger partial charge in [-0.15, -0.1) is 0 Å². The Morgan fingerprint density at radius 2 is 2.00 bits per heavy atom. The Morgan fingerprint density at radius 1 is 1.32 bits per heavy atom. The first kappa shape index (κ1) is 18.4. The van der Waals surface area contributed by atoms with Gasteiger partial charge < -0.3 is 10.1 Å². The van der Waals surface area contributed by atoms with Crippen molar-refractivity contribution < 1.29 is 27.5 Å². The van der Waals surface area contributed by atoms with Crippen LogP contribution in [-0.2, 0) is 24.2 Å². The predicted molar refractivity (Wildman–Crippen MR) is 78.8 cm³/mol. The van der Waals surface area contributed by atoms with Gasteiger partial charge in [-0.3, -0.25) is 14.9 Å². The van der Waals surface area contributed by atoms with Crippen molar-refractivity contribution in [1.82, 2.24) is 10.6 Å². The van der Waals surface area contributed by atoms with Gasteiger partial charge in [0.25, 0.3) is 5.91 Å². The molecule has 0 aromatic carbocycles. The summed E-state index contributed by atoms with van der Waals surface area (Å²) in [5.74, 6) is -1.56. The monoisotopic (exact) mass is 334 g/mol. The fraction of sp³-hybridized carbons (Fsp3) is 0.769. The minimum atomic E-state index is -3.04. The average molecular weight is 334 g/mol. The number of esters is 1. The third kappa shape index (κ3) is 6.88. The molecule has 8 nitrogen and oxygen atoms in total. The number of urea groups is 1. The van der Waals surface area contributed by atoms with E-state index in [9.17, 15) is 22.8 Å². The zero-order chi connectivity index (χ0) is 16.8. The fourth-order valence-electron chi connectivity index (χ4n) is 2.00. The van der Waals surface area contributed by atoms with Gasteiger partial charge in [0.05, 0.1) is 11.5 Å². The summed E-state index contributed by atoms with van der Waals surface area (Å²) < 4.78 is 27.3. The molecule has 126 valence electrons. The average Bonchev–Trinajstić information content (AvgIpc) is 2.75. The van der Waals surface area contributed by atoms with E-state index in [1.54, 1.807) is 6.92 Å². The molecule has 0 unspecified atom stereocenters. The van der Waals surface area contributed by atoms with E-state index in [0.717, 1.165) is 6.42 Å². The molecule has 0 aromatic rings. The lowest BCUT2D eigenvalue weighted by atomic mass is 10.1. The molecular formula is C13H22N2O6S. The van der Waals surface area contributed by atoms with Crippen molar-refractivity contribution >= 4 is 27.7 Å². The highest BCUT2D eigenvalue weighted by molar-refractivity contribution is 7.91. The van der Waals surface area contributed by atoms with E-state index in [4.69, 9.17) is 4.74 Å². The molecule has 3 amide bonds. The maximum absolute atomic E-state index is 11.5. The van der Waals surface area contributed by atoms with E-state index < -0.39 is 34.4 Å². The van der Waals surface area contributed by atoms with Crippen molar-refractivity contribution in [2.75, 3.05) is 18.1 Å². The molecule has 0 bridgehead atoms. The molecule has 0 aliphatic carbocycles. The molecular weight excluding hydrogens is 312 g/mol. The summed E-state index contributed by atoms with van der Waals surface area (Å²) in [6.45, 7) is 3.11. The van der Waals surface area contributed by atoms with Crippen LogP contribution < -0.4 is 10.6 Å². The van der Waals surface area contributed by atoms with Crippen LogP contribution in [-0.4, -0.2) is 50.5 Å². The van der Waals surface area contributed by atoms with Gasteiger partial charge in [0.2, 0.25) is 0 Å². The van der Waals surface area contributed by atoms with Gasteiger partial charge >= 0.3 is 12.0 Å². The van der Waals surface area contributed by atoms with E-state index in [1.165, 1.54) is 0 Å². The molecule has 0 radical (unpaired) electrons. The van der Waals surface area contributed by atoms with E-state index in [0.29, 0.717) is 6.42 Å². The van der Waals surface area contributed by atoms with E-state index >= 15 is 0 Å². The molecule has 1 saturated heterocycles. The number of hydrogen-bond donors (Lipinski definition) is 2. The third-order valence-corrected chi connectivity index (χ3v) is 5.23. The van der Waals surface area contributed by atoms with E-state index in [-0.39, 0.29) is 29.9 Å². The standard InChI is InChI=1S/C13H22N2O6S/c1-3-9(2)14-13(18)15-11(16)7-21-12(17)6-10-4-5-22(19,20)8-10/h9-10H,3-8H2,1-2H3,(H2,14,15,16,18)/t9-,10+/m0/s1. The maximum atomic E-state index is 11.5. The molecule has 2 N–H and O–H groups in total. The molecule has 0 spiro atoms. The second-order valence-electron chi connectivity index (χ2n) is 5.46. The molecule has 0 aromatic heterocycles. The lowest BCUT2D eigenvalue weighted by molar-refractivity contribution is -0.149. The van der Waals surface area contributed by atoms with Crippen LogP contribution in [0.3, 0.4) is 0 Å². The predicted octanol–water partition coefficient (Wildman–Crippen LogP) is -0.0213. The van der Waals surface area contributed by atoms with Crippen molar-refractivity contribution in [2.45, 2.75) is 39.2 Å². The van der Waals surface area contributed by atoms with Crippen molar-refractivity contribution in [3.05, 3.63) is 0 Å². The molecule has 1 rings (SSSR count). The highest BCUT2D eigenvalue weighted by Crippen LogP contribution is 2.21. The minimum absolute atomic E-state index is 0.0222. The Labute approximate surface area is 129 Å². The molecule has 2 atom stereocenters. The lowest BCUT2D eigenvalue weighted by Gasteiger charge is -2.12. The van der Waals surface area contributed by atoms with E-state index in [1.807, 2.05) is 12.2 Å². The van der Waals surface area contributed by atoms with Crippen LogP contribution in [0.15, 0.2) is 0 Å². The summed E-state index contributed by atoms with van der Waals surface area (Å²) in [5, 5.41) is 4.58. The number of rotatable bonds is 6. The number of carbonyl (C=O) groups is 3. The Bertz CT molecular complexity index is 531. The zero-order valence-electron chi connectivity index (χ0n) is 12.8. The van der Waals surface area contributed by atoms with Gasteiger partial charge in [0, 0.05) is 12.5 Å². The van der Waals surface area contributed by atoms with Crippen LogP contribution in [0, 0.1) is 5.92 Å². The summed E-state index contributed by atoms with van der Waals surface area (Å²) in [4.78, 5) is 34.3. The second kappa shape index (κ2) is 8.11. The minimum Gasteiger partial charge on any atom is -0.456 e. The summed E-state index contributed by atoms with van der Waals surface area (Å²) in [5.41, 5.74) is 0. The molecule has 9 heteroatoms. The third-order valence-electron chi connectivity index (χ3n) is 3.39. The van der Waals surface area contributed by atoms with Crippen molar-refractivity contribution in [3.8, 4) is 0 Å². The smallest absolute Gasteiger partial charge is 0.321 e. The molecule has 1 aliphatic rings. The first-order chi connectivity index (χ1) is 10.2. The van der Waals surface area contributed by atoms with Crippen molar-refractivity contribution in [2.24, 2.45) is 5.92 Å². The topological polar surface area (TPSA) is 119 Å². The van der Waals surface area contributed by atoms with Gasteiger partial charge in [-0.1, -0.05) is 6.92 Å². The van der Waals surface area contributed by atoms with Crippen LogP contribution in [0.4, 0.5) is 4.79 Å². The first-order valence-electron chi connectivity index (χ1n) is 7.18. The van der Waals surface area contributed by atoms with E-state index in [2.05, 4.69) is 5.32 Å². The van der Waals surface area contributed by atoms with Crippen LogP contribution in [0.25, 0.3) is 0 Å². The van der Waals surface area contributed by atoms with Gasteiger partial charge in [-0.05, 0) is 25.7 Å². The SMILES string of the molecule is CC[C@H](C)NC(=O)NC(=O)COC(=O)C[C@H]1CCS(=O)(=O)C1. The van der Waals surface area contributed by atoms with Gasteiger partial charge in [0.15, 0.2) is 16.4 Å². The van der Waals surface area contributed by atoms with Crippen molar-refractivity contribution in [3.63, 3.8) is 0 Å². The summed E-state index contributed by atoms with van der Waals surface area (Å²) in [6.07, 6.45) is 1.12. The highest BCUT2D eigenvalue weighted by Gasteiger charge is 2.30. The molecule has 1 fully saturated rings. The van der Waals surface area contributed by atoms with Crippen molar-refractivity contribution in [1.29, 1.82) is 0 Å². The quantitative estimate of drug-likeness (QED) is 0.659. The Hall–Kier alpha value is -1.64. The number of nitrogens with one attached hydrogen (secondary N) is 2. The Balaban J connectivity index is 2.23. The molecule has 0 saturated carbocycles. The lowest BCUT2D eigenvalue weighted by Crippen LogP contribution is -2.44. The number of ether oxygens (including phenoxy) is 1. The van der Waals surface area contributed by atoms with Crippen LogP contribution >= 0.6 is 0 Å². The maximum Gasteiger partial charge on any atom is 0.321 e. The number of sulfone groups is 1. The number of hydrogen-bond acceptors (Lipinski definition) is 6. The summed E-state index contributed by atoms with van der Waals surface area (Å²) >= 11 is 0. The van der Waals surface area contributed by atoms with Gasteiger partial charge in [0.1, 0.15) is 0 Å². The summed E-state index contributed by atoms with van der Waals surface area (Å²) in [7, 11) is -3.04. The number of imide groups is 1. The molecule has 1 aliphatic heterocycles. The molecule has 22 heavy (non-hydrogen) atoms. The van der Waals surface area contributed by atoms with Gasteiger partial charge in [-0.25, -0.2) is 13.2 Å². The second-order valence-corrected chi connectivity index (χ2v) is 7.69. The van der Waals surface area contributed by atoms with Crippen LogP contribution in [0.2, 0.25) is 0 Å². The Morgan fingerprint density at radius 3 is 2.55 bits per heavy atom. The van der Waals surface area contributed by atoms with Gasteiger partial charge in [-0.2, -0.15) is 0 Å². The zero-order valence-corrected chi connectivity index (χ0v) is 13.6. The van der Waals surface area contributed by atoms with Crippen LogP contribution in [0.1, 0.15) is 33.1 Å². The number of carbonyl (C=O) groups excluding carboxylic acids is 3. The first-order valence-corrected chi connectivity index (χ1v) is 9.00. The highest BCUT2D eigenvalue weighted by atomic mass is 32.2. The Kier molecular flexibility index (Phi) is 6.79. The van der Waals surface area contributed by atoms with Crippen LogP contribution in [0.5, 0.6) is 0 Å². The fourth-order valence-corrected chi connectivity index (χ4v) is 3.86. The number of amides is 3. The summed E-state index contributed by atoms with van der Waals surface area (Å²) in [6, 6.07) is -0.711. The molecule has 1 heterocycles. The largest absolute Gasteiger partial charge is 0.456 e. The normalized spacial score (nSPS) is 20.9.